The van der Waals surface area contributed by atoms with Gasteiger partial charge in [0.15, 0.2) is 8.32 Å². The van der Waals surface area contributed by atoms with E-state index in [1.807, 2.05) is 0 Å². The Labute approximate surface area is 95.2 Å². The molecule has 0 heterocycles. The van der Waals surface area contributed by atoms with Crippen LogP contribution in [-0.2, 0) is 4.43 Å². The van der Waals surface area contributed by atoms with Crippen molar-refractivity contribution in [1.82, 2.24) is 0 Å². The first kappa shape index (κ1) is 14.7. The maximum absolute atomic E-state index is 8.57. The summed E-state index contributed by atoms with van der Waals surface area (Å²) >= 11 is 0. The van der Waals surface area contributed by atoms with Crippen molar-refractivity contribution in [3.05, 3.63) is 0 Å². The van der Waals surface area contributed by atoms with E-state index in [-0.39, 0.29) is 11.6 Å². The molecule has 0 unspecified atom stereocenters. The zero-order valence-electron chi connectivity index (χ0n) is 10.7. The number of aliphatic hydroxyl groups is 1. The van der Waals surface area contributed by atoms with Gasteiger partial charge in [0.2, 0.25) is 0 Å². The van der Waals surface area contributed by atoms with Gasteiger partial charge in [-0.15, -0.1) is 5.92 Å². The summed E-state index contributed by atoms with van der Waals surface area (Å²) in [4.78, 5) is 0. The van der Waals surface area contributed by atoms with Gasteiger partial charge in [-0.25, -0.2) is 0 Å². The average Bonchev–Trinajstić information content (AvgIpc) is 2.09. The van der Waals surface area contributed by atoms with Crippen LogP contribution in [0.5, 0.6) is 0 Å². The Morgan fingerprint density at radius 2 is 1.80 bits per heavy atom. The minimum absolute atomic E-state index is 0.220. The molecule has 0 rings (SSSR count). The first-order chi connectivity index (χ1) is 6.81. The van der Waals surface area contributed by atoms with Crippen molar-refractivity contribution in [3.8, 4) is 11.8 Å². The Bertz CT molecular complexity index is 230. The molecule has 0 fully saturated rings. The third-order valence-corrected chi connectivity index (χ3v) is 7.37. The van der Waals surface area contributed by atoms with E-state index in [2.05, 4.69) is 45.7 Å². The van der Waals surface area contributed by atoms with Gasteiger partial charge in [-0.05, 0) is 24.6 Å². The van der Waals surface area contributed by atoms with Gasteiger partial charge in [0, 0.05) is 13.0 Å². The zero-order chi connectivity index (χ0) is 11.9. The van der Waals surface area contributed by atoms with Crippen LogP contribution in [0.25, 0.3) is 0 Å². The van der Waals surface area contributed by atoms with Gasteiger partial charge >= 0.3 is 0 Å². The molecule has 0 saturated carbocycles. The van der Waals surface area contributed by atoms with Gasteiger partial charge in [0.05, 0.1) is 6.61 Å². The first-order valence-corrected chi connectivity index (χ1v) is 8.42. The van der Waals surface area contributed by atoms with Crippen LogP contribution in [0.3, 0.4) is 0 Å². The van der Waals surface area contributed by atoms with E-state index in [9.17, 15) is 0 Å². The number of unbranched alkanes of at least 4 members (excludes halogenated alkanes) is 1. The zero-order valence-corrected chi connectivity index (χ0v) is 11.7. The molecule has 0 aliphatic heterocycles. The van der Waals surface area contributed by atoms with Crippen molar-refractivity contribution in [3.63, 3.8) is 0 Å². The molecule has 3 heteroatoms. The van der Waals surface area contributed by atoms with E-state index >= 15 is 0 Å². The highest BCUT2D eigenvalue weighted by molar-refractivity contribution is 6.74. The third kappa shape index (κ3) is 5.98. The summed E-state index contributed by atoms with van der Waals surface area (Å²) in [7, 11) is -1.63. The Hall–Kier alpha value is -0.303. The smallest absolute Gasteiger partial charge is 0.193 e. The summed E-state index contributed by atoms with van der Waals surface area (Å²) < 4.78 is 5.88. The molecule has 0 aromatic heterocycles. The summed E-state index contributed by atoms with van der Waals surface area (Å²) in [5, 5.41) is 8.82. The first-order valence-electron chi connectivity index (χ1n) is 5.52. The van der Waals surface area contributed by atoms with Gasteiger partial charge in [-0.2, -0.15) is 0 Å². The highest BCUT2D eigenvalue weighted by Gasteiger charge is 2.36. The predicted octanol–water partition coefficient (Wildman–Crippen LogP) is 2.78. The van der Waals surface area contributed by atoms with Crippen LogP contribution in [0.2, 0.25) is 18.1 Å². The van der Waals surface area contributed by atoms with E-state index in [4.69, 9.17) is 9.53 Å². The van der Waals surface area contributed by atoms with Crippen molar-refractivity contribution in [1.29, 1.82) is 0 Å². The molecule has 0 bridgehead atoms. The van der Waals surface area contributed by atoms with Crippen LogP contribution in [0.1, 0.15) is 33.6 Å². The van der Waals surface area contributed by atoms with Crippen LogP contribution < -0.4 is 0 Å². The maximum Gasteiger partial charge on any atom is 0.193 e. The minimum atomic E-state index is -1.63. The lowest BCUT2D eigenvalue weighted by molar-refractivity contribution is 0.290. The summed E-state index contributed by atoms with van der Waals surface area (Å²) in [5.41, 5.74) is 0. The molecular formula is C12H24O2Si. The van der Waals surface area contributed by atoms with Crippen LogP contribution >= 0.6 is 0 Å². The lowest BCUT2D eigenvalue weighted by Gasteiger charge is -2.35. The second-order valence-electron chi connectivity index (χ2n) is 5.23. The minimum Gasteiger partial charge on any atom is -0.406 e. The third-order valence-electron chi connectivity index (χ3n) is 2.90. The molecule has 0 aliphatic carbocycles. The molecule has 88 valence electrons. The molecule has 0 saturated heterocycles. The quantitative estimate of drug-likeness (QED) is 0.455. The lowest BCUT2D eigenvalue weighted by Crippen LogP contribution is -2.40. The van der Waals surface area contributed by atoms with Gasteiger partial charge in [-0.1, -0.05) is 26.7 Å². The van der Waals surface area contributed by atoms with E-state index < -0.39 is 8.32 Å². The number of rotatable bonds is 4. The van der Waals surface area contributed by atoms with E-state index in [1.165, 1.54) is 0 Å². The van der Waals surface area contributed by atoms with Crippen LogP contribution in [-0.4, -0.2) is 26.6 Å². The van der Waals surface area contributed by atoms with Crippen LogP contribution in [0, 0.1) is 11.8 Å². The largest absolute Gasteiger partial charge is 0.406 e. The summed E-state index contributed by atoms with van der Waals surface area (Å²) in [5.74, 6) is 6.00. The molecule has 0 atom stereocenters. The fourth-order valence-electron chi connectivity index (χ4n) is 0.740. The molecule has 0 aromatic carbocycles. The molecule has 15 heavy (non-hydrogen) atoms. The highest BCUT2D eigenvalue weighted by atomic mass is 28.4. The van der Waals surface area contributed by atoms with E-state index in [1.54, 1.807) is 0 Å². The predicted molar refractivity (Wildman–Crippen MR) is 67.2 cm³/mol. The molecule has 1 N–H and O–H groups in total. The number of hydrogen-bond acceptors (Lipinski definition) is 2. The lowest BCUT2D eigenvalue weighted by atomic mass is 10.2. The topological polar surface area (TPSA) is 29.5 Å². The Kier molecular flexibility index (Phi) is 6.19. The maximum atomic E-state index is 8.57. The summed E-state index contributed by atoms with van der Waals surface area (Å²) in [6, 6.07) is 0. The molecule has 0 radical (unpaired) electrons. The monoisotopic (exact) mass is 228 g/mol. The molecule has 0 amide bonds. The second kappa shape index (κ2) is 6.32. The van der Waals surface area contributed by atoms with Gasteiger partial charge < -0.3 is 9.53 Å². The summed E-state index contributed by atoms with van der Waals surface area (Å²) in [6.45, 7) is 11.9. The Balaban J connectivity index is 3.88. The molecule has 0 aromatic rings. The molecular weight excluding hydrogens is 204 g/mol. The van der Waals surface area contributed by atoms with Crippen LogP contribution in [0.15, 0.2) is 0 Å². The summed E-state index contributed by atoms with van der Waals surface area (Å²) in [6.07, 6.45) is 1.52. The van der Waals surface area contributed by atoms with Gasteiger partial charge in [0.25, 0.3) is 0 Å². The van der Waals surface area contributed by atoms with E-state index in [0.29, 0.717) is 6.61 Å². The standard InChI is InChI=1S/C12H24O2Si/c1-12(2,3)15(4,5)14-11-9-7-6-8-10-13/h13H,6,8,10-11H2,1-5H3. The van der Waals surface area contributed by atoms with E-state index in [0.717, 1.165) is 12.8 Å². The molecule has 0 aliphatic rings. The number of hydrogen-bond donors (Lipinski definition) is 1. The molecule has 2 nitrogen and oxygen atoms in total. The fourth-order valence-corrected chi connectivity index (χ4v) is 1.61. The van der Waals surface area contributed by atoms with Crippen molar-refractivity contribution >= 4 is 8.32 Å². The fraction of sp³-hybridized carbons (Fsp3) is 0.833. The van der Waals surface area contributed by atoms with Crippen LogP contribution in [0.4, 0.5) is 0 Å². The van der Waals surface area contributed by atoms with Crippen molar-refractivity contribution in [2.24, 2.45) is 0 Å². The van der Waals surface area contributed by atoms with Crippen molar-refractivity contribution < 1.29 is 9.53 Å². The van der Waals surface area contributed by atoms with Gasteiger partial charge in [0.1, 0.15) is 0 Å². The number of aliphatic hydroxyl groups excluding tert-OH is 1. The Morgan fingerprint density at radius 1 is 1.20 bits per heavy atom. The van der Waals surface area contributed by atoms with Gasteiger partial charge in [-0.3, -0.25) is 0 Å². The second-order valence-corrected chi connectivity index (χ2v) is 10.0. The molecule has 0 spiro atoms. The SMILES string of the molecule is CC(C)(C)[Si](C)(C)OCC#CCCCO. The normalized spacial score (nSPS) is 12.1. The average molecular weight is 228 g/mol. The highest BCUT2D eigenvalue weighted by Crippen LogP contribution is 2.36. The van der Waals surface area contributed by atoms with Crippen molar-refractivity contribution in [2.45, 2.75) is 51.7 Å². The Morgan fingerprint density at radius 3 is 2.27 bits per heavy atom. The van der Waals surface area contributed by atoms with Crippen molar-refractivity contribution in [2.75, 3.05) is 13.2 Å².